The second kappa shape index (κ2) is 4.62. The second-order valence-corrected chi connectivity index (χ2v) is 3.73. The van der Waals surface area contributed by atoms with Crippen molar-refractivity contribution in [3.63, 3.8) is 0 Å². The Morgan fingerprint density at radius 2 is 2.55 bits per heavy atom. The van der Waals surface area contributed by atoms with Crippen molar-refractivity contribution >= 4 is 17.7 Å². The number of rotatable bonds is 4. The molecule has 0 aromatic rings. The average molecular weight is 175 g/mol. The molecular weight excluding hydrogens is 162 g/mol. The zero-order valence-corrected chi connectivity index (χ0v) is 7.19. The van der Waals surface area contributed by atoms with Crippen molar-refractivity contribution in [3.8, 4) is 0 Å². The van der Waals surface area contributed by atoms with Crippen molar-refractivity contribution in [2.45, 2.75) is 18.9 Å². The molecule has 1 atom stereocenters. The van der Waals surface area contributed by atoms with E-state index in [0.29, 0.717) is 6.04 Å². The maximum Gasteiger partial charge on any atom is 0.313 e. The molecule has 0 spiro atoms. The first-order valence-corrected chi connectivity index (χ1v) is 4.97. The Labute approximate surface area is 70.6 Å². The molecule has 3 nitrogen and oxygen atoms in total. The van der Waals surface area contributed by atoms with E-state index < -0.39 is 5.97 Å². The van der Waals surface area contributed by atoms with E-state index in [1.165, 1.54) is 24.6 Å². The summed E-state index contributed by atoms with van der Waals surface area (Å²) in [6.07, 6.45) is 2.44. The van der Waals surface area contributed by atoms with E-state index in [4.69, 9.17) is 5.11 Å². The molecule has 1 unspecified atom stereocenters. The third-order valence-electron chi connectivity index (χ3n) is 1.71. The summed E-state index contributed by atoms with van der Waals surface area (Å²) in [7, 11) is 0. The smallest absolute Gasteiger partial charge is 0.313 e. The molecule has 2 N–H and O–H groups in total. The van der Waals surface area contributed by atoms with Crippen LogP contribution in [0.25, 0.3) is 0 Å². The van der Waals surface area contributed by atoms with E-state index in [9.17, 15) is 4.79 Å². The van der Waals surface area contributed by atoms with Gasteiger partial charge in [-0.05, 0) is 19.4 Å². The number of carbonyl (C=O) groups is 1. The molecule has 1 fully saturated rings. The molecule has 1 rings (SSSR count). The first kappa shape index (κ1) is 8.87. The molecule has 1 aliphatic heterocycles. The number of carboxylic acids is 1. The number of hydrogen-bond donors (Lipinski definition) is 2. The second-order valence-electron chi connectivity index (χ2n) is 2.70. The summed E-state index contributed by atoms with van der Waals surface area (Å²) in [5, 5.41) is 11.7. The van der Waals surface area contributed by atoms with Crippen LogP contribution in [0.4, 0.5) is 0 Å². The number of aliphatic carboxylic acids is 1. The first-order chi connectivity index (χ1) is 5.29. The highest BCUT2D eigenvalue weighted by molar-refractivity contribution is 7.99. The summed E-state index contributed by atoms with van der Waals surface area (Å²) in [6, 6.07) is 0.555. The van der Waals surface area contributed by atoms with Crippen molar-refractivity contribution in [1.29, 1.82) is 0 Å². The minimum atomic E-state index is -0.715. The topological polar surface area (TPSA) is 49.3 Å². The fraction of sp³-hybridized carbons (Fsp3) is 0.857. The van der Waals surface area contributed by atoms with Crippen molar-refractivity contribution in [1.82, 2.24) is 5.32 Å². The predicted octanol–water partition coefficient (Wildman–Crippen LogP) is 0.556. The van der Waals surface area contributed by atoms with Crippen molar-refractivity contribution in [2.75, 3.05) is 18.1 Å². The monoisotopic (exact) mass is 175 g/mol. The third kappa shape index (κ3) is 3.62. The fourth-order valence-corrected chi connectivity index (χ4v) is 2.05. The van der Waals surface area contributed by atoms with Gasteiger partial charge >= 0.3 is 5.97 Å². The van der Waals surface area contributed by atoms with Gasteiger partial charge in [0, 0.05) is 11.8 Å². The summed E-state index contributed by atoms with van der Waals surface area (Å²) in [5.74, 6) is 0.456. The van der Waals surface area contributed by atoms with Gasteiger partial charge in [0.25, 0.3) is 0 Å². The maximum absolute atomic E-state index is 10.1. The van der Waals surface area contributed by atoms with Crippen LogP contribution in [0.15, 0.2) is 0 Å². The minimum Gasteiger partial charge on any atom is -0.481 e. The lowest BCUT2D eigenvalue weighted by atomic mass is 10.3. The van der Waals surface area contributed by atoms with E-state index in [0.717, 1.165) is 12.3 Å². The van der Waals surface area contributed by atoms with Crippen LogP contribution >= 0.6 is 11.8 Å². The summed E-state index contributed by atoms with van der Waals surface area (Å²) in [6.45, 7) is 1.10. The molecule has 0 aromatic carbocycles. The van der Waals surface area contributed by atoms with E-state index in [-0.39, 0.29) is 5.75 Å². The van der Waals surface area contributed by atoms with Gasteiger partial charge in [-0.15, -0.1) is 11.8 Å². The van der Waals surface area contributed by atoms with Gasteiger partial charge in [0.2, 0.25) is 0 Å². The molecular formula is C7H13NO2S. The highest BCUT2D eigenvalue weighted by Gasteiger charge is 2.13. The molecule has 0 amide bonds. The third-order valence-corrected chi connectivity index (χ3v) is 2.80. The van der Waals surface area contributed by atoms with Gasteiger partial charge in [0.15, 0.2) is 0 Å². The van der Waals surface area contributed by atoms with Crippen molar-refractivity contribution in [3.05, 3.63) is 0 Å². The van der Waals surface area contributed by atoms with E-state index in [1.54, 1.807) is 0 Å². The van der Waals surface area contributed by atoms with Gasteiger partial charge in [-0.1, -0.05) is 0 Å². The summed E-state index contributed by atoms with van der Waals surface area (Å²) >= 11 is 1.50. The van der Waals surface area contributed by atoms with Gasteiger partial charge in [0.05, 0.1) is 5.75 Å². The van der Waals surface area contributed by atoms with Crippen molar-refractivity contribution in [2.24, 2.45) is 0 Å². The molecule has 0 bridgehead atoms. The number of hydrogen-bond acceptors (Lipinski definition) is 3. The average Bonchev–Trinajstić information content (AvgIpc) is 2.39. The zero-order valence-electron chi connectivity index (χ0n) is 6.38. The fourth-order valence-electron chi connectivity index (χ4n) is 1.19. The Morgan fingerprint density at radius 3 is 3.09 bits per heavy atom. The van der Waals surface area contributed by atoms with Crippen LogP contribution in [-0.2, 0) is 4.79 Å². The highest BCUT2D eigenvalue weighted by Crippen LogP contribution is 2.11. The molecule has 0 aliphatic carbocycles. The predicted molar refractivity (Wildman–Crippen MR) is 46.0 cm³/mol. The minimum absolute atomic E-state index is 0.234. The standard InChI is InChI=1S/C7H13NO2S/c9-7(10)5-11-4-6-2-1-3-8-6/h6,8H,1-5H2,(H,9,10). The number of nitrogens with one attached hydrogen (secondary N) is 1. The van der Waals surface area contributed by atoms with E-state index in [2.05, 4.69) is 5.32 Å². The van der Waals surface area contributed by atoms with Crippen LogP contribution in [0, 0.1) is 0 Å². The quantitative estimate of drug-likeness (QED) is 0.655. The van der Waals surface area contributed by atoms with Crippen LogP contribution in [-0.4, -0.2) is 35.2 Å². The molecule has 0 saturated carbocycles. The first-order valence-electron chi connectivity index (χ1n) is 3.82. The van der Waals surface area contributed by atoms with Crippen LogP contribution in [0.2, 0.25) is 0 Å². The molecule has 4 heteroatoms. The van der Waals surface area contributed by atoms with Gasteiger partial charge < -0.3 is 10.4 Å². The van der Waals surface area contributed by atoms with E-state index in [1.807, 2.05) is 0 Å². The highest BCUT2D eigenvalue weighted by atomic mass is 32.2. The van der Waals surface area contributed by atoms with Gasteiger partial charge in [0.1, 0.15) is 0 Å². The molecule has 0 radical (unpaired) electrons. The number of carboxylic acid groups (broad SMARTS) is 1. The largest absolute Gasteiger partial charge is 0.481 e. The summed E-state index contributed by atoms with van der Waals surface area (Å²) in [4.78, 5) is 10.1. The van der Waals surface area contributed by atoms with Crippen LogP contribution in [0.1, 0.15) is 12.8 Å². The lowest BCUT2D eigenvalue weighted by Gasteiger charge is -2.07. The molecule has 1 aliphatic rings. The molecule has 1 saturated heterocycles. The van der Waals surface area contributed by atoms with Gasteiger partial charge in [-0.25, -0.2) is 0 Å². The summed E-state index contributed by atoms with van der Waals surface area (Å²) in [5.41, 5.74) is 0. The molecule has 1 heterocycles. The molecule has 0 aromatic heterocycles. The van der Waals surface area contributed by atoms with Gasteiger partial charge in [-0.3, -0.25) is 4.79 Å². The Hall–Kier alpha value is -0.220. The maximum atomic E-state index is 10.1. The lowest BCUT2D eigenvalue weighted by Crippen LogP contribution is -2.24. The molecule has 11 heavy (non-hydrogen) atoms. The van der Waals surface area contributed by atoms with Crippen LogP contribution in [0.3, 0.4) is 0 Å². The summed E-state index contributed by atoms with van der Waals surface area (Å²) < 4.78 is 0. The number of thioether (sulfide) groups is 1. The Morgan fingerprint density at radius 1 is 1.73 bits per heavy atom. The Bertz CT molecular complexity index is 134. The normalized spacial score (nSPS) is 23.8. The van der Waals surface area contributed by atoms with Crippen molar-refractivity contribution < 1.29 is 9.90 Å². The van der Waals surface area contributed by atoms with Crippen LogP contribution in [0.5, 0.6) is 0 Å². The van der Waals surface area contributed by atoms with E-state index >= 15 is 0 Å². The van der Waals surface area contributed by atoms with Gasteiger partial charge in [-0.2, -0.15) is 0 Å². The Balaban J connectivity index is 1.98. The molecule has 64 valence electrons. The van der Waals surface area contributed by atoms with Crippen LogP contribution < -0.4 is 5.32 Å². The lowest BCUT2D eigenvalue weighted by molar-refractivity contribution is -0.133. The Kier molecular flexibility index (Phi) is 3.72. The zero-order chi connectivity index (χ0) is 8.10. The SMILES string of the molecule is O=C(O)CSCC1CCCN1.